The van der Waals surface area contributed by atoms with Gasteiger partial charge in [-0.2, -0.15) is 4.39 Å². The van der Waals surface area contributed by atoms with E-state index in [-0.39, 0.29) is 0 Å². The molecule has 0 saturated carbocycles. The summed E-state index contributed by atoms with van der Waals surface area (Å²) in [5.41, 5.74) is 11.3. The van der Waals surface area contributed by atoms with Crippen molar-refractivity contribution in [2.24, 2.45) is 11.5 Å². The maximum atomic E-state index is 14.8. The van der Waals surface area contributed by atoms with Crippen LogP contribution in [0.25, 0.3) is 0 Å². The number of hydrogen-bond acceptors (Lipinski definition) is 10. The Hall–Kier alpha value is -1.89. The Bertz CT molecular complexity index is 551. The second-order valence-corrected chi connectivity index (χ2v) is 5.68. The number of methoxy groups -OCH3 is 1. The number of carbonyl (C=O) groups is 3. The van der Waals surface area contributed by atoms with Gasteiger partial charge in [0.25, 0.3) is 0 Å². The van der Waals surface area contributed by atoms with Gasteiger partial charge in [0.1, 0.15) is 6.10 Å². The van der Waals surface area contributed by atoms with Crippen LogP contribution < -0.4 is 11.5 Å². The van der Waals surface area contributed by atoms with E-state index in [1.54, 1.807) is 0 Å². The van der Waals surface area contributed by atoms with E-state index in [0.29, 0.717) is 0 Å². The number of nitrogens with two attached hydrogens (primary N) is 2. The first-order chi connectivity index (χ1) is 12.0. The van der Waals surface area contributed by atoms with E-state index >= 15 is 0 Å². The maximum Gasteiger partial charge on any atom is 0.375 e. The summed E-state index contributed by atoms with van der Waals surface area (Å²) in [5, 5.41) is 9.42. The van der Waals surface area contributed by atoms with Gasteiger partial charge in [0, 0.05) is 13.8 Å². The second-order valence-electron chi connectivity index (χ2n) is 5.68. The Kier molecular flexibility index (Phi) is 7.38. The van der Waals surface area contributed by atoms with Crippen molar-refractivity contribution >= 4 is 17.9 Å². The molecular formula is C14H22F2N2O8. The molecule has 5 N–H and O–H groups in total. The van der Waals surface area contributed by atoms with Crippen molar-refractivity contribution in [3.63, 3.8) is 0 Å². The number of hydrogen-bond donors (Lipinski definition) is 3. The number of ether oxygens (including phenoxy) is 4. The summed E-state index contributed by atoms with van der Waals surface area (Å²) >= 11 is 0. The summed E-state index contributed by atoms with van der Waals surface area (Å²) in [6.07, 6.45) is -7.62. The second kappa shape index (κ2) is 8.66. The zero-order chi connectivity index (χ0) is 20.2. The molecule has 0 bridgehead atoms. The molecule has 1 heterocycles. The lowest BCUT2D eigenvalue weighted by atomic mass is 9.87. The molecule has 7 atom stereocenters. The molecule has 7 unspecified atom stereocenters. The summed E-state index contributed by atoms with van der Waals surface area (Å²) in [4.78, 5) is 34.2. The molecule has 0 aromatic carbocycles. The van der Waals surface area contributed by atoms with Crippen molar-refractivity contribution in [3.05, 3.63) is 0 Å². The van der Waals surface area contributed by atoms with E-state index in [2.05, 4.69) is 4.74 Å². The van der Waals surface area contributed by atoms with E-state index in [1.165, 1.54) is 0 Å². The Morgan fingerprint density at radius 1 is 1.19 bits per heavy atom. The maximum absolute atomic E-state index is 14.8. The Balaban J connectivity index is 3.30. The molecular weight excluding hydrogens is 362 g/mol. The average molecular weight is 384 g/mol. The molecule has 0 aromatic heterocycles. The SMILES string of the molecule is COC(=O)C1(F)OC(C(OC(C)=O)C(CO)OC(C)=O)C(N)C(N)C1F. The highest BCUT2D eigenvalue weighted by Gasteiger charge is 2.62. The van der Waals surface area contributed by atoms with Gasteiger partial charge in [-0.15, -0.1) is 0 Å². The van der Waals surface area contributed by atoms with Crippen molar-refractivity contribution in [3.8, 4) is 0 Å². The van der Waals surface area contributed by atoms with Gasteiger partial charge >= 0.3 is 23.8 Å². The van der Waals surface area contributed by atoms with Gasteiger partial charge in [0.05, 0.1) is 25.8 Å². The summed E-state index contributed by atoms with van der Waals surface area (Å²) in [6.45, 7) is 1.12. The lowest BCUT2D eigenvalue weighted by Crippen LogP contribution is -2.72. The highest BCUT2D eigenvalue weighted by atomic mass is 19.2. The standard InChI is InChI=1S/C14H22F2N2O8/c1-5(20)24-7(4-19)10(25-6(2)21)11-8(17)9(18)12(15)14(16,26-11)13(22)23-3/h7-12,19H,4,17-18H2,1-3H3. The summed E-state index contributed by atoms with van der Waals surface area (Å²) in [7, 11) is 0.799. The van der Waals surface area contributed by atoms with E-state index in [1.807, 2.05) is 0 Å². The van der Waals surface area contributed by atoms with Gasteiger partial charge < -0.3 is 35.5 Å². The van der Waals surface area contributed by atoms with Crippen LogP contribution in [0.3, 0.4) is 0 Å². The molecule has 0 spiro atoms. The van der Waals surface area contributed by atoms with Gasteiger partial charge in [-0.25, -0.2) is 9.18 Å². The molecule has 0 aromatic rings. The highest BCUT2D eigenvalue weighted by Crippen LogP contribution is 2.36. The van der Waals surface area contributed by atoms with Crippen LogP contribution in [-0.2, 0) is 33.3 Å². The molecule has 0 aliphatic carbocycles. The smallest absolute Gasteiger partial charge is 0.375 e. The van der Waals surface area contributed by atoms with Crippen molar-refractivity contribution in [2.45, 2.75) is 56.3 Å². The average Bonchev–Trinajstić information content (AvgIpc) is 2.58. The van der Waals surface area contributed by atoms with Crippen LogP contribution in [0.4, 0.5) is 8.78 Å². The van der Waals surface area contributed by atoms with E-state index < -0.39 is 66.9 Å². The third-order valence-corrected chi connectivity index (χ3v) is 3.78. The van der Waals surface area contributed by atoms with Crippen LogP contribution in [0.2, 0.25) is 0 Å². The predicted molar refractivity (Wildman–Crippen MR) is 79.8 cm³/mol. The number of esters is 3. The fourth-order valence-corrected chi connectivity index (χ4v) is 2.56. The molecule has 0 amide bonds. The fraction of sp³-hybridized carbons (Fsp3) is 0.786. The highest BCUT2D eigenvalue weighted by molar-refractivity contribution is 5.79. The van der Waals surface area contributed by atoms with Gasteiger partial charge in [-0.1, -0.05) is 0 Å². The number of halogens is 2. The fourth-order valence-electron chi connectivity index (χ4n) is 2.56. The molecule has 1 aliphatic rings. The lowest BCUT2D eigenvalue weighted by Gasteiger charge is -2.45. The van der Waals surface area contributed by atoms with Gasteiger partial charge in [-0.05, 0) is 0 Å². The number of rotatable bonds is 6. The largest absolute Gasteiger partial charge is 0.465 e. The Labute approximate surface area is 147 Å². The molecule has 1 fully saturated rings. The zero-order valence-electron chi connectivity index (χ0n) is 14.4. The van der Waals surface area contributed by atoms with Crippen molar-refractivity contribution < 1.29 is 47.2 Å². The van der Waals surface area contributed by atoms with Crippen molar-refractivity contribution in [1.82, 2.24) is 0 Å². The summed E-state index contributed by atoms with van der Waals surface area (Å²) in [5.74, 6) is -7.14. The molecule has 10 nitrogen and oxygen atoms in total. The van der Waals surface area contributed by atoms with Crippen LogP contribution in [0.1, 0.15) is 13.8 Å². The zero-order valence-corrected chi connectivity index (χ0v) is 14.4. The Morgan fingerprint density at radius 2 is 1.73 bits per heavy atom. The van der Waals surface area contributed by atoms with Crippen LogP contribution in [0.15, 0.2) is 0 Å². The molecule has 150 valence electrons. The first-order valence-corrected chi connectivity index (χ1v) is 7.55. The number of aliphatic hydroxyl groups excluding tert-OH is 1. The predicted octanol–water partition coefficient (Wildman–Crippen LogP) is -1.93. The van der Waals surface area contributed by atoms with Crippen LogP contribution in [0.5, 0.6) is 0 Å². The van der Waals surface area contributed by atoms with Gasteiger partial charge in [0.2, 0.25) is 0 Å². The molecule has 12 heteroatoms. The third-order valence-electron chi connectivity index (χ3n) is 3.78. The normalized spacial score (nSPS) is 33.7. The van der Waals surface area contributed by atoms with Gasteiger partial charge in [0.15, 0.2) is 18.4 Å². The van der Waals surface area contributed by atoms with Crippen LogP contribution in [-0.4, -0.2) is 79.2 Å². The minimum Gasteiger partial charge on any atom is -0.465 e. The quantitative estimate of drug-likeness (QED) is 0.347. The topological polar surface area (TPSA) is 160 Å². The number of alkyl halides is 2. The first kappa shape index (κ1) is 22.2. The van der Waals surface area contributed by atoms with E-state index in [0.717, 1.165) is 21.0 Å². The summed E-state index contributed by atoms with van der Waals surface area (Å²) in [6, 6.07) is -3.24. The number of carbonyl (C=O) groups excluding carboxylic acids is 3. The number of aliphatic hydroxyl groups is 1. The van der Waals surface area contributed by atoms with E-state index in [4.69, 9.17) is 25.7 Å². The minimum absolute atomic E-state index is 0.799. The van der Waals surface area contributed by atoms with Crippen molar-refractivity contribution in [1.29, 1.82) is 0 Å². The molecule has 1 aliphatic heterocycles. The molecule has 1 rings (SSSR count). The Morgan fingerprint density at radius 3 is 2.15 bits per heavy atom. The summed E-state index contributed by atoms with van der Waals surface area (Å²) < 4.78 is 47.9. The third kappa shape index (κ3) is 4.44. The molecule has 0 radical (unpaired) electrons. The van der Waals surface area contributed by atoms with Crippen molar-refractivity contribution in [2.75, 3.05) is 13.7 Å². The minimum atomic E-state index is -3.64. The molecule has 26 heavy (non-hydrogen) atoms. The van der Waals surface area contributed by atoms with Crippen LogP contribution in [0, 0.1) is 0 Å². The monoisotopic (exact) mass is 384 g/mol. The van der Waals surface area contributed by atoms with Gasteiger partial charge in [-0.3, -0.25) is 9.59 Å². The van der Waals surface area contributed by atoms with E-state index in [9.17, 15) is 28.3 Å². The van der Waals surface area contributed by atoms with Crippen LogP contribution >= 0.6 is 0 Å². The molecule has 1 saturated heterocycles. The lowest BCUT2D eigenvalue weighted by molar-refractivity contribution is -0.278. The first-order valence-electron chi connectivity index (χ1n) is 7.55.